The predicted molar refractivity (Wildman–Crippen MR) is 187 cm³/mol. The number of benzene rings is 1. The average molecular weight is 658 g/mol. The summed E-state index contributed by atoms with van der Waals surface area (Å²) in [5, 5.41) is 11.3. The Morgan fingerprint density at radius 1 is 1.08 bits per heavy atom. The summed E-state index contributed by atoms with van der Waals surface area (Å²) in [4.78, 5) is 27.5. The van der Waals surface area contributed by atoms with Crippen molar-refractivity contribution in [2.75, 3.05) is 37.7 Å². The maximum Gasteiger partial charge on any atom is 0.337 e. The molecule has 1 fully saturated rings. The van der Waals surface area contributed by atoms with Gasteiger partial charge in [0, 0.05) is 78.8 Å². The van der Waals surface area contributed by atoms with Crippen molar-refractivity contribution in [2.45, 2.75) is 85.5 Å². The number of hydrogen-bond donors (Lipinski definition) is 1. The summed E-state index contributed by atoms with van der Waals surface area (Å²) < 4.78 is 29.8. The lowest BCUT2D eigenvalue weighted by Crippen LogP contribution is -2.35. The first-order valence-corrected chi connectivity index (χ1v) is 17.1. The van der Waals surface area contributed by atoms with E-state index in [1.54, 1.807) is 0 Å². The highest BCUT2D eigenvalue weighted by Crippen LogP contribution is 2.45. The van der Waals surface area contributed by atoms with Crippen LogP contribution in [0.1, 0.15) is 75.9 Å². The Morgan fingerprint density at radius 3 is 2.56 bits per heavy atom. The lowest BCUT2D eigenvalue weighted by Gasteiger charge is -2.29. The van der Waals surface area contributed by atoms with Crippen LogP contribution in [0.3, 0.4) is 0 Å². The van der Waals surface area contributed by atoms with Crippen LogP contribution >= 0.6 is 0 Å². The van der Waals surface area contributed by atoms with E-state index in [0.717, 1.165) is 72.6 Å². The molecule has 256 valence electrons. The van der Waals surface area contributed by atoms with Crippen molar-refractivity contribution in [3.8, 4) is 28.1 Å². The first-order valence-electron chi connectivity index (χ1n) is 17.1. The highest BCUT2D eigenvalue weighted by atomic mass is 19.1. The molecule has 48 heavy (non-hydrogen) atoms. The number of fused-ring (bicyclic) bond motifs is 2. The van der Waals surface area contributed by atoms with Gasteiger partial charge in [-0.1, -0.05) is 0 Å². The molecule has 4 aromatic rings. The topological polar surface area (TPSA) is 93.0 Å². The standard InChI is InChI=1S/C38H48FN5O4/c1-22(2)43-14-10-15-44(17-16-43)31-19-25(12-13-40-31)30-21-28-33(27-20-29(39)34-26(23(27)3)11-9-18-47-34)32(24(4)41-36(28)42(30)8)35(37(45)46)48-38(5,6)7/h12-13,19-22,35H,9-11,14-18H2,1-8H3,(H,45,46)/t35-/m0/s1. The molecule has 10 heteroatoms. The van der Waals surface area contributed by atoms with Gasteiger partial charge in [0.25, 0.3) is 0 Å². The highest BCUT2D eigenvalue weighted by molar-refractivity contribution is 6.01. The van der Waals surface area contributed by atoms with E-state index < -0.39 is 23.5 Å². The second-order valence-corrected chi connectivity index (χ2v) is 14.4. The summed E-state index contributed by atoms with van der Waals surface area (Å²) in [7, 11) is 1.97. The summed E-state index contributed by atoms with van der Waals surface area (Å²) in [6.45, 7) is 18.1. The van der Waals surface area contributed by atoms with Crippen LogP contribution in [0.15, 0.2) is 30.5 Å². The fourth-order valence-corrected chi connectivity index (χ4v) is 7.28. The Hall–Kier alpha value is -4.02. The van der Waals surface area contributed by atoms with Crippen LogP contribution in [-0.2, 0) is 23.0 Å². The first-order chi connectivity index (χ1) is 22.7. The Labute approximate surface area is 282 Å². The van der Waals surface area contributed by atoms with Crippen molar-refractivity contribution in [1.82, 2.24) is 19.4 Å². The number of aryl methyl sites for hydroxylation is 2. The van der Waals surface area contributed by atoms with Crippen LogP contribution in [0, 0.1) is 19.7 Å². The van der Waals surface area contributed by atoms with Crippen molar-refractivity contribution in [3.63, 3.8) is 0 Å². The fraction of sp³-hybridized carbons (Fsp3) is 0.500. The van der Waals surface area contributed by atoms with Gasteiger partial charge in [0.1, 0.15) is 11.5 Å². The molecule has 0 bridgehead atoms. The maximum atomic E-state index is 15.8. The number of aliphatic carboxylic acids is 1. The number of anilines is 1. The molecule has 0 radical (unpaired) electrons. The van der Waals surface area contributed by atoms with Crippen LogP contribution in [0.4, 0.5) is 10.2 Å². The van der Waals surface area contributed by atoms with Crippen molar-refractivity contribution >= 4 is 22.8 Å². The van der Waals surface area contributed by atoms with E-state index in [1.807, 2.05) is 64.6 Å². The molecule has 6 rings (SSSR count). The second kappa shape index (κ2) is 13.1. The highest BCUT2D eigenvalue weighted by Gasteiger charge is 2.34. The summed E-state index contributed by atoms with van der Waals surface area (Å²) in [5.74, 6) is -0.371. The number of pyridine rings is 2. The summed E-state index contributed by atoms with van der Waals surface area (Å²) >= 11 is 0. The molecule has 1 aromatic carbocycles. The van der Waals surface area contributed by atoms with Crippen molar-refractivity contribution in [2.24, 2.45) is 7.05 Å². The van der Waals surface area contributed by atoms with Gasteiger partial charge in [-0.25, -0.2) is 19.2 Å². The van der Waals surface area contributed by atoms with Gasteiger partial charge in [-0.05, 0) is 103 Å². The zero-order valence-electron chi connectivity index (χ0n) is 29.5. The van der Waals surface area contributed by atoms with E-state index >= 15 is 4.39 Å². The number of carboxylic acid groups (broad SMARTS) is 1. The van der Waals surface area contributed by atoms with Crippen LogP contribution in [0.5, 0.6) is 5.75 Å². The molecule has 0 amide bonds. The molecule has 2 aliphatic heterocycles. The summed E-state index contributed by atoms with van der Waals surface area (Å²) in [5.41, 5.74) is 5.66. The number of rotatable bonds is 7. The van der Waals surface area contributed by atoms with Gasteiger partial charge in [0.2, 0.25) is 0 Å². The fourth-order valence-electron chi connectivity index (χ4n) is 7.28. The molecular formula is C38H48FN5O4. The third kappa shape index (κ3) is 6.40. The summed E-state index contributed by atoms with van der Waals surface area (Å²) in [6.07, 6.45) is 3.05. The Kier molecular flexibility index (Phi) is 9.26. The zero-order chi connectivity index (χ0) is 34.5. The number of ether oxygens (including phenoxy) is 2. The molecule has 1 atom stereocenters. The van der Waals surface area contributed by atoms with Crippen LogP contribution < -0.4 is 9.64 Å². The van der Waals surface area contributed by atoms with E-state index in [1.165, 1.54) is 6.07 Å². The average Bonchev–Trinajstić information content (AvgIpc) is 3.19. The van der Waals surface area contributed by atoms with Gasteiger partial charge in [0.15, 0.2) is 17.7 Å². The quantitative estimate of drug-likeness (QED) is 0.222. The molecule has 5 heterocycles. The molecule has 3 aromatic heterocycles. The van der Waals surface area contributed by atoms with Crippen molar-refractivity contribution < 1.29 is 23.8 Å². The van der Waals surface area contributed by atoms with E-state index in [9.17, 15) is 9.90 Å². The minimum Gasteiger partial charge on any atom is -0.490 e. The normalized spacial score (nSPS) is 16.6. The summed E-state index contributed by atoms with van der Waals surface area (Å²) in [6, 6.07) is 8.16. The third-order valence-corrected chi connectivity index (χ3v) is 9.69. The monoisotopic (exact) mass is 657 g/mol. The number of nitrogens with zero attached hydrogens (tertiary/aromatic N) is 5. The minimum absolute atomic E-state index is 0.287. The van der Waals surface area contributed by atoms with Gasteiger partial charge in [-0.3, -0.25) is 4.90 Å². The lowest BCUT2D eigenvalue weighted by atomic mass is 9.86. The van der Waals surface area contributed by atoms with Gasteiger partial charge in [0.05, 0.1) is 17.9 Å². The molecule has 0 spiro atoms. The lowest BCUT2D eigenvalue weighted by molar-refractivity contribution is -0.160. The predicted octanol–water partition coefficient (Wildman–Crippen LogP) is 7.24. The molecule has 2 aliphatic rings. The number of carboxylic acids is 1. The third-order valence-electron chi connectivity index (χ3n) is 9.69. The van der Waals surface area contributed by atoms with E-state index in [2.05, 4.69) is 29.7 Å². The molecular weight excluding hydrogens is 609 g/mol. The number of carbonyl (C=O) groups is 1. The van der Waals surface area contributed by atoms with E-state index in [-0.39, 0.29) is 5.75 Å². The van der Waals surface area contributed by atoms with Crippen LogP contribution in [0.2, 0.25) is 0 Å². The number of halogens is 1. The largest absolute Gasteiger partial charge is 0.490 e. The zero-order valence-corrected chi connectivity index (χ0v) is 29.5. The molecule has 1 saturated heterocycles. The Bertz CT molecular complexity index is 1860. The van der Waals surface area contributed by atoms with E-state index in [0.29, 0.717) is 47.1 Å². The smallest absolute Gasteiger partial charge is 0.337 e. The second-order valence-electron chi connectivity index (χ2n) is 14.4. The molecule has 9 nitrogen and oxygen atoms in total. The maximum absolute atomic E-state index is 15.8. The molecule has 0 saturated carbocycles. The van der Waals surface area contributed by atoms with Crippen LogP contribution in [-0.4, -0.2) is 74.9 Å². The minimum atomic E-state index is -1.32. The van der Waals surface area contributed by atoms with Crippen molar-refractivity contribution in [3.05, 3.63) is 58.7 Å². The molecule has 0 unspecified atom stereocenters. The Balaban J connectivity index is 1.56. The number of aromatic nitrogens is 3. The SMILES string of the molecule is Cc1nc2c(cc(-c3ccnc(N4CCCN(C(C)C)CC4)c3)n2C)c(-c2cc(F)c3c(c2C)CCCO3)c1[C@H](OC(C)(C)C)C(=O)O. The van der Waals surface area contributed by atoms with Crippen molar-refractivity contribution in [1.29, 1.82) is 0 Å². The van der Waals surface area contributed by atoms with Gasteiger partial charge < -0.3 is 24.0 Å². The van der Waals surface area contributed by atoms with Gasteiger partial charge >= 0.3 is 5.97 Å². The van der Waals surface area contributed by atoms with Gasteiger partial charge in [-0.15, -0.1) is 0 Å². The number of hydrogen-bond acceptors (Lipinski definition) is 7. The molecule has 1 N–H and O–H groups in total. The van der Waals surface area contributed by atoms with E-state index in [4.69, 9.17) is 19.4 Å². The molecule has 0 aliphatic carbocycles. The van der Waals surface area contributed by atoms with Gasteiger partial charge in [-0.2, -0.15) is 0 Å². The Morgan fingerprint density at radius 2 is 1.85 bits per heavy atom. The van der Waals surface area contributed by atoms with Crippen LogP contribution in [0.25, 0.3) is 33.4 Å². The first kappa shape index (κ1) is 33.9.